The molecule has 7 heteroatoms. The minimum atomic E-state index is -4.05. The molecule has 0 bridgehead atoms. The van der Waals surface area contributed by atoms with Crippen LogP contribution in [0.2, 0.25) is 0 Å². The highest BCUT2D eigenvalue weighted by molar-refractivity contribution is 7.85. The van der Waals surface area contributed by atoms with Gasteiger partial charge in [0.15, 0.2) is 0 Å². The van der Waals surface area contributed by atoms with E-state index in [9.17, 15) is 8.42 Å². The van der Waals surface area contributed by atoms with Crippen molar-refractivity contribution >= 4 is 22.5 Å². The van der Waals surface area contributed by atoms with Crippen LogP contribution in [-0.2, 0) is 10.1 Å². The highest BCUT2D eigenvalue weighted by atomic mass is 35.5. The lowest BCUT2D eigenvalue weighted by Crippen LogP contribution is -1.94. The van der Waals surface area contributed by atoms with Crippen molar-refractivity contribution in [3.8, 4) is 0 Å². The topological polar surface area (TPSA) is 83.1 Å². The van der Waals surface area contributed by atoms with Crippen molar-refractivity contribution in [3.63, 3.8) is 0 Å². The molecule has 1 aromatic heterocycles. The molecule has 0 aliphatic carbocycles. The van der Waals surface area contributed by atoms with E-state index in [-0.39, 0.29) is 17.3 Å². The van der Waals surface area contributed by atoms with E-state index < -0.39 is 10.1 Å². The molecule has 0 aliphatic heterocycles. The van der Waals surface area contributed by atoms with Crippen molar-refractivity contribution in [3.05, 3.63) is 12.4 Å². The second kappa shape index (κ2) is 3.00. The van der Waals surface area contributed by atoms with Crippen molar-refractivity contribution < 1.29 is 13.0 Å². The maximum absolute atomic E-state index is 10.2. The standard InChI is InChI=1S/C3H4N2O3S.ClH/c6-9(7,8)3-1-4-5-2-3;/h1-2H,(H,4,5)(H,6,7,8);1H. The lowest BCUT2D eigenvalue weighted by molar-refractivity contribution is 0.483. The average molecular weight is 185 g/mol. The van der Waals surface area contributed by atoms with Crippen molar-refractivity contribution in [1.29, 1.82) is 0 Å². The van der Waals surface area contributed by atoms with Gasteiger partial charge < -0.3 is 0 Å². The van der Waals surface area contributed by atoms with Crippen LogP contribution in [0.4, 0.5) is 0 Å². The van der Waals surface area contributed by atoms with Gasteiger partial charge in [0.25, 0.3) is 10.1 Å². The molecular formula is C3H5ClN2O3S. The molecular weight excluding hydrogens is 180 g/mol. The van der Waals surface area contributed by atoms with E-state index in [1.54, 1.807) is 0 Å². The minimum absolute atomic E-state index is 0. The molecule has 10 heavy (non-hydrogen) atoms. The fourth-order valence-electron chi connectivity index (χ4n) is 0.380. The van der Waals surface area contributed by atoms with Crippen molar-refractivity contribution in [1.82, 2.24) is 10.2 Å². The Labute approximate surface area is 63.6 Å². The summed E-state index contributed by atoms with van der Waals surface area (Å²) < 4.78 is 28.7. The van der Waals surface area contributed by atoms with Gasteiger partial charge in [-0.3, -0.25) is 9.65 Å². The van der Waals surface area contributed by atoms with E-state index >= 15 is 0 Å². The number of rotatable bonds is 1. The van der Waals surface area contributed by atoms with E-state index in [1.807, 2.05) is 0 Å². The molecule has 0 unspecified atom stereocenters. The van der Waals surface area contributed by atoms with Crippen LogP contribution in [0.15, 0.2) is 17.3 Å². The number of aromatic amines is 1. The largest absolute Gasteiger partial charge is 0.297 e. The minimum Gasteiger partial charge on any atom is -0.284 e. The Balaban J connectivity index is 0.000000810. The Morgan fingerprint density at radius 3 is 2.40 bits per heavy atom. The molecule has 1 rings (SSSR count). The van der Waals surface area contributed by atoms with Crippen LogP contribution in [-0.4, -0.2) is 23.2 Å². The van der Waals surface area contributed by atoms with Gasteiger partial charge >= 0.3 is 0 Å². The maximum atomic E-state index is 10.2. The zero-order valence-electron chi connectivity index (χ0n) is 4.68. The normalized spacial score (nSPS) is 10.5. The number of nitrogens with zero attached hydrogens (tertiary/aromatic N) is 1. The van der Waals surface area contributed by atoms with E-state index in [2.05, 4.69) is 10.2 Å². The zero-order chi connectivity index (χ0) is 6.91. The molecule has 2 N–H and O–H groups in total. The van der Waals surface area contributed by atoms with Gasteiger partial charge in [0.2, 0.25) is 0 Å². The SMILES string of the molecule is Cl.O=S(=O)(O)c1cn[nH]c1. The number of H-pyrrole nitrogens is 1. The van der Waals surface area contributed by atoms with Crippen molar-refractivity contribution in [2.45, 2.75) is 4.90 Å². The highest BCUT2D eigenvalue weighted by Crippen LogP contribution is 2.01. The second-order valence-corrected chi connectivity index (χ2v) is 2.83. The number of aromatic nitrogens is 2. The summed E-state index contributed by atoms with van der Waals surface area (Å²) >= 11 is 0. The van der Waals surface area contributed by atoms with Gasteiger partial charge in [-0.2, -0.15) is 13.5 Å². The summed E-state index contributed by atoms with van der Waals surface area (Å²) in [6, 6.07) is 0. The van der Waals surface area contributed by atoms with Crippen LogP contribution in [0.3, 0.4) is 0 Å². The Morgan fingerprint density at radius 1 is 1.60 bits per heavy atom. The fraction of sp³-hybridized carbons (Fsp3) is 0. The molecule has 0 aromatic carbocycles. The third-order valence-electron chi connectivity index (χ3n) is 0.771. The molecule has 0 fully saturated rings. The summed E-state index contributed by atoms with van der Waals surface area (Å²) in [6.45, 7) is 0. The Kier molecular flexibility index (Phi) is 2.82. The van der Waals surface area contributed by atoms with Gasteiger partial charge in [0.1, 0.15) is 4.90 Å². The Morgan fingerprint density at radius 2 is 2.20 bits per heavy atom. The highest BCUT2D eigenvalue weighted by Gasteiger charge is 2.08. The summed E-state index contributed by atoms with van der Waals surface area (Å²) in [5, 5.41) is 5.57. The van der Waals surface area contributed by atoms with Crippen LogP contribution >= 0.6 is 12.4 Å². The van der Waals surface area contributed by atoms with Gasteiger partial charge in [-0.1, -0.05) is 0 Å². The maximum Gasteiger partial charge on any atom is 0.297 e. The van der Waals surface area contributed by atoms with Crippen molar-refractivity contribution in [2.75, 3.05) is 0 Å². The molecule has 0 aliphatic rings. The first-order valence-electron chi connectivity index (χ1n) is 2.07. The average Bonchev–Trinajstić information content (AvgIpc) is 2.08. The van der Waals surface area contributed by atoms with Crippen LogP contribution in [0.5, 0.6) is 0 Å². The summed E-state index contributed by atoms with van der Waals surface area (Å²) in [7, 11) is -4.05. The molecule has 1 heterocycles. The van der Waals surface area contributed by atoms with E-state index in [4.69, 9.17) is 4.55 Å². The van der Waals surface area contributed by atoms with E-state index in [0.29, 0.717) is 0 Å². The summed E-state index contributed by atoms with van der Waals surface area (Å²) in [5.74, 6) is 0. The second-order valence-electron chi connectivity index (χ2n) is 1.41. The van der Waals surface area contributed by atoms with Crippen LogP contribution in [0, 0.1) is 0 Å². The number of hydrogen-bond donors (Lipinski definition) is 2. The third-order valence-corrected chi connectivity index (χ3v) is 1.59. The summed E-state index contributed by atoms with van der Waals surface area (Å²) in [6.07, 6.45) is 2.12. The summed E-state index contributed by atoms with van der Waals surface area (Å²) in [4.78, 5) is -0.220. The molecule has 1 aromatic rings. The van der Waals surface area contributed by atoms with Crippen LogP contribution < -0.4 is 0 Å². The van der Waals surface area contributed by atoms with Gasteiger partial charge in [0, 0.05) is 6.20 Å². The molecule has 0 saturated carbocycles. The van der Waals surface area contributed by atoms with Gasteiger partial charge in [-0.25, -0.2) is 0 Å². The third kappa shape index (κ3) is 1.98. The van der Waals surface area contributed by atoms with E-state index in [0.717, 1.165) is 12.4 Å². The smallest absolute Gasteiger partial charge is 0.284 e. The molecule has 0 radical (unpaired) electrons. The quantitative estimate of drug-likeness (QED) is 0.606. The van der Waals surface area contributed by atoms with Crippen molar-refractivity contribution in [2.24, 2.45) is 0 Å². The molecule has 0 saturated heterocycles. The number of nitrogens with one attached hydrogen (secondary N) is 1. The molecule has 58 valence electrons. The lowest BCUT2D eigenvalue weighted by Gasteiger charge is -1.83. The first-order valence-corrected chi connectivity index (χ1v) is 3.51. The number of halogens is 1. The molecule has 0 atom stereocenters. The van der Waals surface area contributed by atoms with Gasteiger partial charge in [0.05, 0.1) is 6.20 Å². The predicted octanol–water partition coefficient (Wildman–Crippen LogP) is 0.0782. The van der Waals surface area contributed by atoms with Gasteiger partial charge in [-0.15, -0.1) is 12.4 Å². The zero-order valence-corrected chi connectivity index (χ0v) is 6.32. The first kappa shape index (κ1) is 9.41. The van der Waals surface area contributed by atoms with Crippen LogP contribution in [0.25, 0.3) is 0 Å². The summed E-state index contributed by atoms with van der Waals surface area (Å²) in [5.41, 5.74) is 0. The van der Waals surface area contributed by atoms with Gasteiger partial charge in [-0.05, 0) is 0 Å². The number of hydrogen-bond acceptors (Lipinski definition) is 3. The molecule has 0 amide bonds. The first-order chi connectivity index (χ1) is 4.11. The molecule has 0 spiro atoms. The Bertz CT molecular complexity index is 279. The lowest BCUT2D eigenvalue weighted by atomic mass is 10.7. The Hall–Kier alpha value is -0.590. The predicted molar refractivity (Wildman–Crippen MR) is 35.7 cm³/mol. The monoisotopic (exact) mass is 184 g/mol. The van der Waals surface area contributed by atoms with Crippen LogP contribution in [0.1, 0.15) is 0 Å². The van der Waals surface area contributed by atoms with E-state index in [1.165, 1.54) is 0 Å². The molecule has 5 nitrogen and oxygen atoms in total. The fourth-order valence-corrected chi connectivity index (χ4v) is 0.768.